The molecule has 118 valence electrons. The Balaban J connectivity index is 1.58. The number of rotatable bonds is 1. The van der Waals surface area contributed by atoms with Gasteiger partial charge < -0.3 is 4.74 Å². The fraction of sp³-hybridized carbons (Fsp3) is 0.273. The Morgan fingerprint density at radius 2 is 1.83 bits per heavy atom. The Kier molecular flexibility index (Phi) is 2.67. The average molecular weight is 330 g/mol. The summed E-state index contributed by atoms with van der Waals surface area (Å²) in [6.45, 7) is 0.710. The molecular weight excluding hydrogens is 312 g/mol. The van der Waals surface area contributed by atoms with E-state index in [1.165, 1.54) is 46.1 Å². The minimum atomic E-state index is 0.706. The molecule has 1 saturated heterocycles. The van der Waals surface area contributed by atoms with Crippen LogP contribution in [0.3, 0.4) is 0 Å². The Morgan fingerprint density at radius 3 is 2.71 bits per heavy atom. The van der Waals surface area contributed by atoms with E-state index in [0.29, 0.717) is 11.9 Å². The van der Waals surface area contributed by atoms with E-state index in [9.17, 15) is 0 Å². The largest absolute Gasteiger partial charge is 0.488 e. The van der Waals surface area contributed by atoms with Crippen LogP contribution in [0, 0.1) is 0 Å². The molecule has 0 radical (unpaired) electrons. The van der Waals surface area contributed by atoms with Gasteiger partial charge in [0.15, 0.2) is 0 Å². The minimum absolute atomic E-state index is 0.706. The highest BCUT2D eigenvalue weighted by atomic mass is 32.2. The molecule has 0 saturated carbocycles. The van der Waals surface area contributed by atoms with Crippen LogP contribution in [0.1, 0.15) is 40.7 Å². The predicted molar refractivity (Wildman–Crippen MR) is 101 cm³/mol. The molecule has 2 atom stereocenters. The van der Waals surface area contributed by atoms with Crippen molar-refractivity contribution >= 4 is 22.5 Å². The fourth-order valence-electron chi connectivity index (χ4n) is 4.70. The third-order valence-electron chi connectivity index (χ3n) is 5.91. The normalized spacial score (nSPS) is 23.3. The SMILES string of the molecule is c1ccc2c3c(-c4ccc5c(c4)C4CCC5CS4)cc(c2c1)CO3. The van der Waals surface area contributed by atoms with Crippen LogP contribution in [-0.2, 0) is 6.61 Å². The van der Waals surface area contributed by atoms with Gasteiger partial charge in [0.25, 0.3) is 0 Å². The molecule has 1 fully saturated rings. The molecule has 0 aromatic heterocycles. The number of ether oxygens (including phenoxy) is 1. The third kappa shape index (κ3) is 1.72. The van der Waals surface area contributed by atoms with E-state index in [2.05, 4.69) is 60.3 Å². The zero-order valence-electron chi connectivity index (χ0n) is 13.4. The quantitative estimate of drug-likeness (QED) is 0.536. The Bertz CT molecular complexity index is 983. The number of thioether (sulfide) groups is 1. The molecule has 0 spiro atoms. The van der Waals surface area contributed by atoms with Gasteiger partial charge in [0, 0.05) is 22.0 Å². The molecule has 24 heavy (non-hydrogen) atoms. The topological polar surface area (TPSA) is 9.23 Å². The average Bonchev–Trinajstić information content (AvgIpc) is 2.69. The van der Waals surface area contributed by atoms with Crippen LogP contribution in [0.25, 0.3) is 21.9 Å². The molecule has 3 aromatic carbocycles. The second-order valence-corrected chi connectivity index (χ2v) is 8.42. The summed E-state index contributed by atoms with van der Waals surface area (Å²) in [7, 11) is 0. The zero-order chi connectivity index (χ0) is 15.7. The standard InChI is InChI=1S/C22H18OS/c1-2-4-18-16(3-1)15-10-19(22(18)23-11-15)13-5-7-17-14-6-8-21(24-12-14)20(17)9-13/h1-5,7,9-10,14,21H,6,8,11-12H2. The Morgan fingerprint density at radius 1 is 0.917 bits per heavy atom. The maximum Gasteiger partial charge on any atom is 0.135 e. The van der Waals surface area contributed by atoms with Crippen LogP contribution in [0.15, 0.2) is 48.5 Å². The first-order valence-electron chi connectivity index (χ1n) is 8.82. The third-order valence-corrected chi connectivity index (χ3v) is 7.40. The predicted octanol–water partition coefficient (Wildman–Crippen LogP) is 6.06. The van der Waals surface area contributed by atoms with Gasteiger partial charge in [-0.3, -0.25) is 0 Å². The highest BCUT2D eigenvalue weighted by Crippen LogP contribution is 2.53. The summed E-state index contributed by atoms with van der Waals surface area (Å²) in [5.74, 6) is 3.15. The lowest BCUT2D eigenvalue weighted by molar-refractivity contribution is 0.304. The maximum absolute atomic E-state index is 6.08. The first kappa shape index (κ1) is 13.4. The van der Waals surface area contributed by atoms with E-state index in [1.807, 2.05) is 0 Å². The molecule has 1 nitrogen and oxygen atoms in total. The molecule has 1 aliphatic carbocycles. The lowest BCUT2D eigenvalue weighted by Crippen LogP contribution is -2.21. The van der Waals surface area contributed by atoms with Crippen molar-refractivity contribution in [3.8, 4) is 16.9 Å². The summed E-state index contributed by atoms with van der Waals surface area (Å²) >= 11 is 2.15. The monoisotopic (exact) mass is 330 g/mol. The molecule has 0 N–H and O–H groups in total. The van der Waals surface area contributed by atoms with E-state index in [4.69, 9.17) is 4.74 Å². The van der Waals surface area contributed by atoms with Crippen molar-refractivity contribution in [2.75, 3.05) is 5.75 Å². The molecule has 4 aliphatic heterocycles. The minimum Gasteiger partial charge on any atom is -0.488 e. The highest BCUT2D eigenvalue weighted by molar-refractivity contribution is 7.99. The van der Waals surface area contributed by atoms with Crippen molar-refractivity contribution in [3.05, 3.63) is 65.2 Å². The van der Waals surface area contributed by atoms with Crippen molar-refractivity contribution in [1.29, 1.82) is 0 Å². The number of hydrogen-bond donors (Lipinski definition) is 0. The lowest BCUT2D eigenvalue weighted by Gasteiger charge is -2.38. The molecule has 3 aromatic rings. The molecular formula is C22H18OS. The van der Waals surface area contributed by atoms with Gasteiger partial charge in [-0.25, -0.2) is 0 Å². The number of benzene rings is 3. The van der Waals surface area contributed by atoms with Gasteiger partial charge in [-0.15, -0.1) is 0 Å². The Hall–Kier alpha value is -1.93. The van der Waals surface area contributed by atoms with Crippen molar-refractivity contribution in [1.82, 2.24) is 0 Å². The summed E-state index contributed by atoms with van der Waals surface area (Å²) in [5, 5.41) is 3.30. The van der Waals surface area contributed by atoms with Crippen molar-refractivity contribution in [2.45, 2.75) is 30.6 Å². The van der Waals surface area contributed by atoms with Crippen LogP contribution < -0.4 is 4.74 Å². The molecule has 2 heteroatoms. The van der Waals surface area contributed by atoms with E-state index in [-0.39, 0.29) is 0 Å². The van der Waals surface area contributed by atoms with Gasteiger partial charge in [0.1, 0.15) is 12.4 Å². The second kappa shape index (κ2) is 4.80. The zero-order valence-corrected chi connectivity index (χ0v) is 14.2. The van der Waals surface area contributed by atoms with Crippen molar-refractivity contribution in [2.24, 2.45) is 0 Å². The maximum atomic E-state index is 6.08. The summed E-state index contributed by atoms with van der Waals surface area (Å²) in [4.78, 5) is 0. The molecule has 8 rings (SSSR count). The second-order valence-electron chi connectivity index (χ2n) is 7.19. The van der Waals surface area contributed by atoms with E-state index in [1.54, 1.807) is 11.1 Å². The van der Waals surface area contributed by atoms with Crippen LogP contribution in [0.5, 0.6) is 5.75 Å². The summed E-state index contributed by atoms with van der Waals surface area (Å²) in [6, 6.07) is 18.1. The van der Waals surface area contributed by atoms with Crippen LogP contribution in [0.4, 0.5) is 0 Å². The van der Waals surface area contributed by atoms with Gasteiger partial charge in [0.2, 0.25) is 0 Å². The van der Waals surface area contributed by atoms with E-state index >= 15 is 0 Å². The summed E-state index contributed by atoms with van der Waals surface area (Å²) < 4.78 is 6.08. The smallest absolute Gasteiger partial charge is 0.135 e. The van der Waals surface area contributed by atoms with Gasteiger partial charge >= 0.3 is 0 Å². The van der Waals surface area contributed by atoms with E-state index in [0.717, 1.165) is 11.7 Å². The first-order chi connectivity index (χ1) is 11.9. The molecule has 5 aliphatic rings. The molecule has 0 amide bonds. The molecule has 4 heterocycles. The van der Waals surface area contributed by atoms with Gasteiger partial charge in [-0.1, -0.05) is 36.4 Å². The van der Waals surface area contributed by atoms with Gasteiger partial charge in [-0.05, 0) is 58.5 Å². The van der Waals surface area contributed by atoms with Gasteiger partial charge in [0.05, 0.1) is 0 Å². The van der Waals surface area contributed by atoms with E-state index < -0.39 is 0 Å². The van der Waals surface area contributed by atoms with Crippen LogP contribution in [-0.4, -0.2) is 5.75 Å². The number of hydrogen-bond acceptors (Lipinski definition) is 2. The van der Waals surface area contributed by atoms with Crippen LogP contribution in [0.2, 0.25) is 0 Å². The number of fused-ring (bicyclic) bond motifs is 4. The van der Waals surface area contributed by atoms with Crippen molar-refractivity contribution in [3.63, 3.8) is 0 Å². The first-order valence-corrected chi connectivity index (χ1v) is 9.86. The Labute approximate surface area is 146 Å². The van der Waals surface area contributed by atoms with Crippen LogP contribution >= 0.6 is 11.8 Å². The summed E-state index contributed by atoms with van der Waals surface area (Å²) in [5.41, 5.74) is 7.09. The summed E-state index contributed by atoms with van der Waals surface area (Å²) in [6.07, 6.45) is 2.72. The molecule has 4 bridgehead atoms. The molecule has 2 unspecified atom stereocenters. The lowest BCUT2D eigenvalue weighted by atomic mass is 9.81. The van der Waals surface area contributed by atoms with Gasteiger partial charge in [-0.2, -0.15) is 11.8 Å². The highest BCUT2D eigenvalue weighted by Gasteiger charge is 2.33. The fourth-order valence-corrected chi connectivity index (χ4v) is 6.20. The van der Waals surface area contributed by atoms with Crippen molar-refractivity contribution < 1.29 is 4.74 Å².